The van der Waals surface area contributed by atoms with Gasteiger partial charge in [-0.05, 0) is 67.0 Å². The van der Waals surface area contributed by atoms with Gasteiger partial charge in [0.05, 0.1) is 0 Å². The predicted molar refractivity (Wildman–Crippen MR) is 191 cm³/mol. The van der Waals surface area contributed by atoms with Crippen LogP contribution in [0.15, 0.2) is 72.8 Å². The first kappa shape index (κ1) is 39.8. The fourth-order valence-electron chi connectivity index (χ4n) is 5.72. The molecule has 270 valence electrons. The minimum Gasteiger partial charge on any atom is -0.350 e. The molecule has 0 aromatic heterocycles. The molecule has 0 aliphatic rings. The lowest BCUT2D eigenvalue weighted by atomic mass is 9.91. The highest BCUT2D eigenvalue weighted by Crippen LogP contribution is 2.18. The predicted octanol–water partition coefficient (Wildman–Crippen LogP) is 5.38. The monoisotopic (exact) mass is 691 g/mol. The number of amides is 4. The average Bonchev–Trinajstić information content (AvgIpc) is 3.10. The maximum atomic E-state index is 14.8. The Labute approximate surface area is 294 Å². The van der Waals surface area contributed by atoms with E-state index in [1.165, 1.54) is 12.1 Å². The number of carbonyl (C=O) groups excluding carboxylic acids is 4. The molecule has 0 heterocycles. The van der Waals surface area contributed by atoms with E-state index >= 15 is 0 Å². The number of nitrogens with two attached hydrogens (primary N) is 1. The Hall–Kier alpha value is -4.64. The van der Waals surface area contributed by atoms with Gasteiger partial charge in [0.25, 0.3) is 11.8 Å². The van der Waals surface area contributed by atoms with E-state index in [0.717, 1.165) is 30.5 Å². The van der Waals surface area contributed by atoms with Crippen molar-refractivity contribution in [3.63, 3.8) is 0 Å². The highest BCUT2D eigenvalue weighted by molar-refractivity contribution is 5.99. The molecular formula is C39H51F2N5O4. The zero-order valence-corrected chi connectivity index (χ0v) is 29.7. The van der Waals surface area contributed by atoms with Gasteiger partial charge >= 0.3 is 0 Å². The summed E-state index contributed by atoms with van der Waals surface area (Å²) in [6.45, 7) is 10.8. The van der Waals surface area contributed by atoms with E-state index in [4.69, 9.17) is 5.73 Å². The van der Waals surface area contributed by atoms with Crippen LogP contribution in [0.4, 0.5) is 8.78 Å². The summed E-state index contributed by atoms with van der Waals surface area (Å²) in [6.07, 6.45) is 1.59. The van der Waals surface area contributed by atoms with Crippen LogP contribution in [0.3, 0.4) is 0 Å². The largest absolute Gasteiger partial charge is 0.350 e. The maximum absolute atomic E-state index is 14.8. The van der Waals surface area contributed by atoms with Gasteiger partial charge in [-0.1, -0.05) is 77.1 Å². The molecule has 0 saturated heterocycles. The van der Waals surface area contributed by atoms with Crippen LogP contribution in [0.1, 0.15) is 85.7 Å². The third kappa shape index (κ3) is 11.8. The van der Waals surface area contributed by atoms with E-state index in [-0.39, 0.29) is 41.7 Å². The Kier molecular flexibility index (Phi) is 15.5. The highest BCUT2D eigenvalue weighted by atomic mass is 19.1. The first-order chi connectivity index (χ1) is 23.8. The summed E-state index contributed by atoms with van der Waals surface area (Å²) in [5.41, 5.74) is 8.27. The van der Waals surface area contributed by atoms with Gasteiger partial charge in [0, 0.05) is 54.8 Å². The van der Waals surface area contributed by atoms with Crippen LogP contribution >= 0.6 is 0 Å². The van der Waals surface area contributed by atoms with E-state index in [2.05, 4.69) is 16.0 Å². The molecule has 5 N–H and O–H groups in total. The lowest BCUT2D eigenvalue weighted by Gasteiger charge is -2.29. The number of nitrogens with one attached hydrogen (secondary N) is 3. The first-order valence-corrected chi connectivity index (χ1v) is 17.4. The molecule has 4 atom stereocenters. The van der Waals surface area contributed by atoms with Crippen LogP contribution in [0.25, 0.3) is 0 Å². The van der Waals surface area contributed by atoms with Crippen molar-refractivity contribution < 1.29 is 28.0 Å². The molecule has 3 aromatic carbocycles. The Morgan fingerprint density at radius 1 is 0.800 bits per heavy atom. The molecule has 3 rings (SSSR count). The molecule has 0 fully saturated rings. The number of carbonyl (C=O) groups is 4. The lowest BCUT2D eigenvalue weighted by Crippen LogP contribution is -2.53. The maximum Gasteiger partial charge on any atom is 0.253 e. The SMILES string of the molecule is CCCN(CCC)C(=O)c1cccc(C(=O)NC(Cc2ccc(F)cc2F)C(N)CC(C)C(=O)NC(C(=O)NCc2ccccc2)C(C)C)c1. The molecule has 0 bridgehead atoms. The molecule has 9 nitrogen and oxygen atoms in total. The number of halogens is 2. The first-order valence-electron chi connectivity index (χ1n) is 17.4. The van der Waals surface area contributed by atoms with Gasteiger partial charge in [-0.3, -0.25) is 19.2 Å². The van der Waals surface area contributed by atoms with Gasteiger partial charge < -0.3 is 26.6 Å². The average molecular weight is 692 g/mol. The zero-order valence-electron chi connectivity index (χ0n) is 29.7. The molecule has 50 heavy (non-hydrogen) atoms. The van der Waals surface area contributed by atoms with E-state index < -0.39 is 47.5 Å². The van der Waals surface area contributed by atoms with E-state index in [1.54, 1.807) is 30.0 Å². The van der Waals surface area contributed by atoms with E-state index in [9.17, 15) is 28.0 Å². The molecule has 4 unspecified atom stereocenters. The van der Waals surface area contributed by atoms with Gasteiger partial charge in [0.15, 0.2) is 0 Å². The highest BCUT2D eigenvalue weighted by Gasteiger charge is 2.30. The Balaban J connectivity index is 1.76. The minimum absolute atomic E-state index is 0.0801. The van der Waals surface area contributed by atoms with E-state index in [0.29, 0.717) is 25.2 Å². The van der Waals surface area contributed by atoms with Gasteiger partial charge in [-0.25, -0.2) is 8.78 Å². The second-order valence-electron chi connectivity index (χ2n) is 13.1. The van der Waals surface area contributed by atoms with Crippen molar-refractivity contribution in [2.45, 2.75) is 85.0 Å². The Bertz CT molecular complexity index is 1580. The molecule has 3 aromatic rings. The molecular weight excluding hydrogens is 640 g/mol. The van der Waals surface area contributed by atoms with Crippen molar-refractivity contribution in [1.29, 1.82) is 0 Å². The second kappa shape index (κ2) is 19.5. The minimum atomic E-state index is -0.871. The van der Waals surface area contributed by atoms with Crippen LogP contribution in [-0.2, 0) is 22.6 Å². The normalized spacial score (nSPS) is 13.5. The third-order valence-electron chi connectivity index (χ3n) is 8.56. The van der Waals surface area contributed by atoms with Crippen molar-refractivity contribution in [2.24, 2.45) is 17.6 Å². The summed E-state index contributed by atoms with van der Waals surface area (Å²) in [7, 11) is 0. The molecule has 0 radical (unpaired) electrons. The van der Waals surface area contributed by atoms with Crippen LogP contribution in [0.2, 0.25) is 0 Å². The smallest absolute Gasteiger partial charge is 0.253 e. The van der Waals surface area contributed by atoms with E-state index in [1.807, 2.05) is 58.0 Å². The van der Waals surface area contributed by atoms with Crippen molar-refractivity contribution in [3.05, 3.63) is 107 Å². The van der Waals surface area contributed by atoms with Crippen LogP contribution < -0.4 is 21.7 Å². The standard InChI is InChI=1S/C39H51F2N5O4/c1-6-18-46(19-7-2)39(50)30-15-11-14-29(21-30)37(48)44-34(22-28-16-17-31(40)23-32(28)41)33(42)20-26(5)36(47)45-35(25(3)4)38(49)43-24-27-12-9-8-10-13-27/h8-17,21,23,25-26,33-35H,6-7,18-20,22,24,42H2,1-5H3,(H,43,49)(H,44,48)(H,45,47). The van der Waals surface area contributed by atoms with Gasteiger partial charge in [-0.15, -0.1) is 0 Å². The Morgan fingerprint density at radius 3 is 2.08 bits per heavy atom. The zero-order chi connectivity index (χ0) is 36.8. The van der Waals surface area contributed by atoms with Crippen molar-refractivity contribution >= 4 is 23.6 Å². The summed E-state index contributed by atoms with van der Waals surface area (Å²) in [4.78, 5) is 55.0. The van der Waals surface area contributed by atoms with Crippen LogP contribution in [0.5, 0.6) is 0 Å². The van der Waals surface area contributed by atoms with Gasteiger partial charge in [-0.2, -0.15) is 0 Å². The molecule has 11 heteroatoms. The quantitative estimate of drug-likeness (QED) is 0.142. The second-order valence-corrected chi connectivity index (χ2v) is 13.1. The van der Waals surface area contributed by atoms with Crippen molar-refractivity contribution in [1.82, 2.24) is 20.9 Å². The van der Waals surface area contributed by atoms with Crippen LogP contribution in [-0.4, -0.2) is 59.7 Å². The number of hydrogen-bond donors (Lipinski definition) is 4. The summed E-state index contributed by atoms with van der Waals surface area (Å²) in [5.74, 6) is -3.86. The van der Waals surface area contributed by atoms with Crippen molar-refractivity contribution in [2.75, 3.05) is 13.1 Å². The molecule has 0 aliphatic carbocycles. The molecule has 0 saturated carbocycles. The summed E-state index contributed by atoms with van der Waals surface area (Å²) < 4.78 is 28.5. The molecule has 4 amide bonds. The number of hydrogen-bond acceptors (Lipinski definition) is 5. The van der Waals surface area contributed by atoms with Gasteiger partial charge in [0.2, 0.25) is 11.8 Å². The summed E-state index contributed by atoms with van der Waals surface area (Å²) >= 11 is 0. The third-order valence-corrected chi connectivity index (χ3v) is 8.56. The molecule has 0 aliphatic heterocycles. The number of benzene rings is 3. The lowest BCUT2D eigenvalue weighted by molar-refractivity contribution is -0.132. The summed E-state index contributed by atoms with van der Waals surface area (Å²) in [5, 5.41) is 8.59. The number of nitrogens with zero attached hydrogens (tertiary/aromatic N) is 1. The summed E-state index contributed by atoms with van der Waals surface area (Å²) in [6, 6.07) is 16.5. The molecule has 0 spiro atoms. The van der Waals surface area contributed by atoms with Gasteiger partial charge in [0.1, 0.15) is 17.7 Å². The topological polar surface area (TPSA) is 134 Å². The Morgan fingerprint density at radius 2 is 1.46 bits per heavy atom. The number of rotatable bonds is 18. The van der Waals surface area contributed by atoms with Crippen molar-refractivity contribution in [3.8, 4) is 0 Å². The fraction of sp³-hybridized carbons (Fsp3) is 0.436. The fourth-order valence-corrected chi connectivity index (χ4v) is 5.72. The van der Waals surface area contributed by atoms with Crippen LogP contribution in [0, 0.1) is 23.5 Å².